The minimum Gasteiger partial charge on any atom is -0.492 e. The van der Waals surface area contributed by atoms with Crippen LogP contribution in [0.4, 0.5) is 13.2 Å². The number of halogens is 3. The van der Waals surface area contributed by atoms with Crippen molar-refractivity contribution in [3.63, 3.8) is 0 Å². The standard InChI is InChI=1S/C31H34F3N5O2/c1-21(2)28(31(32,33)34)37-30(40)24-8-6-7-23(17-24)27-19-36-39-20-25(18-35-29(27)39)22-9-11-26(12-10-22)41-16-15-38-13-4-3-5-14-38/h6-12,17-21,28H,3-5,13-16H2,1-2H3,(H,37,40)/p+1/t28-/m1/s1. The maximum Gasteiger partial charge on any atom is 0.408 e. The molecule has 3 heterocycles. The van der Waals surface area contributed by atoms with Gasteiger partial charge in [-0.2, -0.15) is 13.2 Å². The molecule has 5 rings (SSSR count). The zero-order valence-corrected chi connectivity index (χ0v) is 23.2. The van der Waals surface area contributed by atoms with Gasteiger partial charge in [-0.15, -0.1) is 4.52 Å². The lowest BCUT2D eigenvalue weighted by Gasteiger charge is -2.26. The summed E-state index contributed by atoms with van der Waals surface area (Å²) in [7, 11) is 0. The number of aromatic nitrogens is 3. The van der Waals surface area contributed by atoms with Gasteiger partial charge in [-0.05, 0) is 72.2 Å². The Morgan fingerprint density at radius 1 is 1.07 bits per heavy atom. The number of alkyl halides is 3. The first-order chi connectivity index (χ1) is 19.7. The second kappa shape index (κ2) is 12.3. The van der Waals surface area contributed by atoms with Crippen molar-refractivity contribution >= 4 is 11.6 Å². The van der Waals surface area contributed by atoms with Crippen molar-refractivity contribution in [1.29, 1.82) is 0 Å². The van der Waals surface area contributed by atoms with Crippen LogP contribution in [0.3, 0.4) is 0 Å². The maximum absolute atomic E-state index is 13.4. The number of benzene rings is 2. The summed E-state index contributed by atoms with van der Waals surface area (Å²) in [6, 6.07) is 12.5. The lowest BCUT2D eigenvalue weighted by atomic mass is 10.0. The van der Waals surface area contributed by atoms with Gasteiger partial charge in [0.1, 0.15) is 24.6 Å². The molecule has 0 spiro atoms. The largest absolute Gasteiger partial charge is 0.492 e. The number of H-pyrrole nitrogens is 1. The molecule has 0 bridgehead atoms. The van der Waals surface area contributed by atoms with Crippen LogP contribution >= 0.6 is 0 Å². The van der Waals surface area contributed by atoms with Crippen LogP contribution in [0.2, 0.25) is 0 Å². The van der Waals surface area contributed by atoms with Gasteiger partial charge in [0, 0.05) is 12.1 Å². The van der Waals surface area contributed by atoms with Crippen molar-refractivity contribution in [2.75, 3.05) is 26.2 Å². The highest BCUT2D eigenvalue weighted by Crippen LogP contribution is 2.27. The van der Waals surface area contributed by atoms with Gasteiger partial charge >= 0.3 is 11.8 Å². The van der Waals surface area contributed by atoms with Gasteiger partial charge in [0.15, 0.2) is 6.20 Å². The first kappa shape index (κ1) is 28.6. The minimum atomic E-state index is -4.53. The third-order valence-electron chi connectivity index (χ3n) is 7.47. The van der Waals surface area contributed by atoms with Crippen molar-refractivity contribution in [3.05, 3.63) is 72.7 Å². The Bertz CT molecular complexity index is 1480. The summed E-state index contributed by atoms with van der Waals surface area (Å²) in [4.78, 5) is 19.8. The normalized spacial score (nSPS) is 15.3. The molecule has 1 aliphatic heterocycles. The Kier molecular flexibility index (Phi) is 8.58. The Morgan fingerprint density at radius 2 is 1.83 bits per heavy atom. The molecule has 1 amide bonds. The molecule has 10 heteroatoms. The van der Waals surface area contributed by atoms with Gasteiger partial charge < -0.3 is 10.1 Å². The second-order valence-electron chi connectivity index (χ2n) is 10.8. The molecule has 2 aromatic heterocycles. The average Bonchev–Trinajstić information content (AvgIpc) is 3.39. The number of amides is 1. The summed E-state index contributed by atoms with van der Waals surface area (Å²) >= 11 is 0. The summed E-state index contributed by atoms with van der Waals surface area (Å²) in [5.41, 5.74) is 4.03. The third kappa shape index (κ3) is 6.87. The molecule has 0 saturated carbocycles. The SMILES string of the molecule is CC(C)[C@@H](NC(=O)c1cccc(-c2c[nH][n+]3cc(-c4ccc(OCCN5CCCCC5)cc4)cnc23)c1)C(F)(F)F. The number of piperidine rings is 1. The molecule has 41 heavy (non-hydrogen) atoms. The van der Waals surface area contributed by atoms with Crippen LogP contribution in [-0.4, -0.2) is 59.3 Å². The van der Waals surface area contributed by atoms with E-state index in [0.717, 1.165) is 42.1 Å². The average molecular weight is 567 g/mol. The maximum atomic E-state index is 13.4. The van der Waals surface area contributed by atoms with E-state index in [1.807, 2.05) is 30.5 Å². The first-order valence-corrected chi connectivity index (χ1v) is 14.0. The zero-order valence-electron chi connectivity index (χ0n) is 23.2. The lowest BCUT2D eigenvalue weighted by molar-refractivity contribution is -0.578. The molecule has 216 valence electrons. The minimum absolute atomic E-state index is 0.145. The van der Waals surface area contributed by atoms with Crippen LogP contribution in [0, 0.1) is 5.92 Å². The van der Waals surface area contributed by atoms with Crippen LogP contribution in [0.1, 0.15) is 43.5 Å². The van der Waals surface area contributed by atoms with Gasteiger partial charge in [0.25, 0.3) is 5.91 Å². The van der Waals surface area contributed by atoms with Crippen LogP contribution in [0.15, 0.2) is 67.1 Å². The molecule has 0 aliphatic carbocycles. The topological polar surface area (TPSA) is 74.3 Å². The van der Waals surface area contributed by atoms with Crippen molar-refractivity contribution in [2.45, 2.75) is 45.3 Å². The lowest BCUT2D eigenvalue weighted by Crippen LogP contribution is -2.48. The number of carbonyl (C=O) groups is 1. The van der Waals surface area contributed by atoms with Crippen LogP contribution in [0.5, 0.6) is 5.75 Å². The van der Waals surface area contributed by atoms with E-state index in [9.17, 15) is 18.0 Å². The number of fused-ring (bicyclic) bond motifs is 1. The highest BCUT2D eigenvalue weighted by molar-refractivity contribution is 5.96. The highest BCUT2D eigenvalue weighted by Gasteiger charge is 2.42. The van der Waals surface area contributed by atoms with E-state index in [4.69, 9.17) is 4.74 Å². The fourth-order valence-corrected chi connectivity index (χ4v) is 5.18. The molecule has 1 saturated heterocycles. The summed E-state index contributed by atoms with van der Waals surface area (Å²) in [5.74, 6) is -0.739. The number of ether oxygens (including phenoxy) is 1. The number of nitrogens with one attached hydrogen (secondary N) is 2. The van der Waals surface area contributed by atoms with Gasteiger partial charge in [0.2, 0.25) is 0 Å². The summed E-state index contributed by atoms with van der Waals surface area (Å²) < 4.78 is 47.8. The summed E-state index contributed by atoms with van der Waals surface area (Å²) in [6.45, 7) is 6.76. The van der Waals surface area contributed by atoms with E-state index in [0.29, 0.717) is 17.8 Å². The Morgan fingerprint density at radius 3 is 2.54 bits per heavy atom. The van der Waals surface area contributed by atoms with Crippen molar-refractivity contribution < 1.29 is 27.2 Å². The summed E-state index contributed by atoms with van der Waals surface area (Å²) in [5, 5.41) is 5.29. The van der Waals surface area contributed by atoms with Gasteiger partial charge in [-0.1, -0.05) is 44.5 Å². The van der Waals surface area contributed by atoms with Crippen molar-refractivity contribution in [1.82, 2.24) is 20.3 Å². The Labute approximate surface area is 237 Å². The van der Waals surface area contributed by atoms with Gasteiger partial charge in [-0.25, -0.2) is 5.10 Å². The van der Waals surface area contributed by atoms with E-state index >= 15 is 0 Å². The number of aromatic amines is 1. The number of rotatable bonds is 9. The quantitative estimate of drug-likeness (QED) is 0.256. The predicted octanol–water partition coefficient (Wildman–Crippen LogP) is 5.66. The number of nitrogens with zero attached hydrogens (tertiary/aromatic N) is 3. The zero-order chi connectivity index (χ0) is 29.0. The molecular weight excluding hydrogens is 531 g/mol. The molecule has 1 atom stereocenters. The van der Waals surface area contributed by atoms with Gasteiger partial charge in [0.05, 0.1) is 17.3 Å². The van der Waals surface area contributed by atoms with Crippen LogP contribution in [0.25, 0.3) is 27.9 Å². The number of hydrogen-bond acceptors (Lipinski definition) is 4. The Balaban J connectivity index is 1.28. The van der Waals surface area contributed by atoms with Crippen LogP contribution < -0.4 is 14.6 Å². The third-order valence-corrected chi connectivity index (χ3v) is 7.47. The van der Waals surface area contributed by atoms with Crippen molar-refractivity contribution in [2.24, 2.45) is 5.92 Å². The van der Waals surface area contributed by atoms with E-state index in [2.05, 4.69) is 20.3 Å². The highest BCUT2D eigenvalue weighted by atomic mass is 19.4. The molecule has 2 N–H and O–H groups in total. The molecule has 7 nitrogen and oxygen atoms in total. The smallest absolute Gasteiger partial charge is 0.408 e. The molecule has 0 unspecified atom stereocenters. The van der Waals surface area contributed by atoms with E-state index in [1.165, 1.54) is 39.2 Å². The Hall–Kier alpha value is -3.92. The van der Waals surface area contributed by atoms with Gasteiger partial charge in [-0.3, -0.25) is 9.69 Å². The van der Waals surface area contributed by atoms with Crippen molar-refractivity contribution in [3.8, 4) is 28.0 Å². The molecule has 0 radical (unpaired) electrons. The van der Waals surface area contributed by atoms with Crippen LogP contribution in [-0.2, 0) is 0 Å². The first-order valence-electron chi connectivity index (χ1n) is 14.0. The number of hydrogen-bond donors (Lipinski definition) is 2. The fraction of sp³-hybridized carbons (Fsp3) is 0.387. The molecule has 4 aromatic rings. The number of likely N-dealkylation sites (tertiary alicyclic amines) is 1. The molecular formula is C31H35F3N5O2+. The summed E-state index contributed by atoms with van der Waals surface area (Å²) in [6.07, 6.45) is 4.77. The molecule has 1 aliphatic rings. The second-order valence-corrected chi connectivity index (χ2v) is 10.8. The van der Waals surface area contributed by atoms with E-state index < -0.39 is 24.0 Å². The fourth-order valence-electron chi connectivity index (χ4n) is 5.18. The van der Waals surface area contributed by atoms with E-state index in [1.54, 1.807) is 35.1 Å². The molecule has 2 aromatic carbocycles. The monoisotopic (exact) mass is 566 g/mol. The van der Waals surface area contributed by atoms with E-state index in [-0.39, 0.29) is 5.56 Å². The number of carbonyl (C=O) groups excluding carboxylic acids is 1. The predicted molar refractivity (Wildman–Crippen MR) is 151 cm³/mol. The molecule has 1 fully saturated rings.